The van der Waals surface area contributed by atoms with Crippen LogP contribution in [0.25, 0.3) is 0 Å². The van der Waals surface area contributed by atoms with Crippen LogP contribution in [0.3, 0.4) is 0 Å². The number of nitrogens with two attached hydrogens (primary N) is 1. The van der Waals surface area contributed by atoms with E-state index in [1.54, 1.807) is 12.1 Å². The van der Waals surface area contributed by atoms with E-state index >= 15 is 0 Å². The van der Waals surface area contributed by atoms with Gasteiger partial charge in [0.05, 0.1) is 13.7 Å². The van der Waals surface area contributed by atoms with Gasteiger partial charge in [0, 0.05) is 0 Å². The van der Waals surface area contributed by atoms with E-state index in [1.807, 2.05) is 0 Å². The molecule has 0 aromatic carbocycles. The molecule has 14 heavy (non-hydrogen) atoms. The van der Waals surface area contributed by atoms with Crippen LogP contribution in [0.4, 0.5) is 0 Å². The van der Waals surface area contributed by atoms with Gasteiger partial charge in [-0.15, -0.1) is 0 Å². The Kier molecular flexibility index (Phi) is 4.49. The molecule has 0 aliphatic heterocycles. The first kappa shape index (κ1) is 11.1. The van der Waals surface area contributed by atoms with Crippen molar-refractivity contribution in [3.05, 3.63) is 17.3 Å². The van der Waals surface area contributed by atoms with Crippen LogP contribution in [-0.2, 0) is 0 Å². The van der Waals surface area contributed by atoms with Gasteiger partial charge in [0.25, 0.3) is 5.88 Å². The third-order valence-corrected chi connectivity index (χ3v) is 1.80. The van der Waals surface area contributed by atoms with Gasteiger partial charge in [-0.3, -0.25) is 0 Å². The molecule has 0 aliphatic rings. The van der Waals surface area contributed by atoms with Crippen LogP contribution in [-0.4, -0.2) is 25.2 Å². The highest BCUT2D eigenvalue weighted by molar-refractivity contribution is 6.29. The van der Waals surface area contributed by atoms with Crippen molar-refractivity contribution in [1.82, 2.24) is 4.98 Å². The number of aromatic nitrogens is 1. The van der Waals surface area contributed by atoms with E-state index in [1.165, 1.54) is 7.11 Å². The van der Waals surface area contributed by atoms with Crippen molar-refractivity contribution >= 4 is 11.6 Å². The summed E-state index contributed by atoms with van der Waals surface area (Å²) in [6.07, 6.45) is 0.797. The largest absolute Gasteiger partial charge is 0.488 e. The summed E-state index contributed by atoms with van der Waals surface area (Å²) in [5.41, 5.74) is 5.34. The Morgan fingerprint density at radius 3 is 2.93 bits per heavy atom. The molecule has 1 aromatic heterocycles. The molecular weight excluding hydrogens is 204 g/mol. The Bertz CT molecular complexity index is 294. The summed E-state index contributed by atoms with van der Waals surface area (Å²) < 4.78 is 10.4. The van der Waals surface area contributed by atoms with Gasteiger partial charge in [0.1, 0.15) is 5.15 Å². The lowest BCUT2D eigenvalue weighted by Gasteiger charge is -2.08. The van der Waals surface area contributed by atoms with E-state index in [0.717, 1.165) is 6.42 Å². The molecule has 4 nitrogen and oxygen atoms in total. The van der Waals surface area contributed by atoms with Crippen molar-refractivity contribution in [2.24, 2.45) is 5.73 Å². The number of nitrogens with zero attached hydrogens (tertiary/aromatic N) is 1. The fourth-order valence-electron chi connectivity index (χ4n) is 0.927. The van der Waals surface area contributed by atoms with Crippen LogP contribution in [0.5, 0.6) is 11.6 Å². The van der Waals surface area contributed by atoms with Crippen LogP contribution >= 0.6 is 11.6 Å². The Labute approximate surface area is 88.0 Å². The number of ether oxygens (including phenoxy) is 2. The molecule has 0 aliphatic carbocycles. The number of pyridine rings is 1. The molecule has 0 saturated heterocycles. The molecule has 78 valence electrons. The van der Waals surface area contributed by atoms with Crippen molar-refractivity contribution in [2.45, 2.75) is 6.42 Å². The minimum absolute atomic E-state index is 0.382. The number of methoxy groups -OCH3 is 1. The van der Waals surface area contributed by atoms with E-state index in [0.29, 0.717) is 29.9 Å². The molecular formula is C9H13ClN2O2. The van der Waals surface area contributed by atoms with E-state index < -0.39 is 0 Å². The molecule has 1 rings (SSSR count). The molecule has 5 heteroatoms. The second-order valence-corrected chi connectivity index (χ2v) is 3.02. The van der Waals surface area contributed by atoms with Gasteiger partial charge in [-0.25, -0.2) is 0 Å². The zero-order valence-corrected chi connectivity index (χ0v) is 8.75. The van der Waals surface area contributed by atoms with Gasteiger partial charge in [-0.1, -0.05) is 11.6 Å². The van der Waals surface area contributed by atoms with Crippen molar-refractivity contribution in [2.75, 3.05) is 20.3 Å². The van der Waals surface area contributed by atoms with Crippen molar-refractivity contribution in [3.8, 4) is 11.6 Å². The van der Waals surface area contributed by atoms with Crippen LogP contribution in [0, 0.1) is 0 Å². The molecule has 0 unspecified atom stereocenters. The number of hydrogen-bond donors (Lipinski definition) is 1. The molecule has 0 fully saturated rings. The fraction of sp³-hybridized carbons (Fsp3) is 0.444. The van der Waals surface area contributed by atoms with Gasteiger partial charge in [-0.05, 0) is 25.1 Å². The van der Waals surface area contributed by atoms with E-state index in [4.69, 9.17) is 26.8 Å². The molecule has 0 bridgehead atoms. The van der Waals surface area contributed by atoms with Gasteiger partial charge in [0.15, 0.2) is 5.75 Å². The van der Waals surface area contributed by atoms with E-state index in [9.17, 15) is 0 Å². The zero-order chi connectivity index (χ0) is 10.4. The highest BCUT2D eigenvalue weighted by Crippen LogP contribution is 2.26. The molecule has 0 radical (unpaired) electrons. The first-order valence-electron chi connectivity index (χ1n) is 4.31. The monoisotopic (exact) mass is 216 g/mol. The van der Waals surface area contributed by atoms with Crippen LogP contribution in [0.15, 0.2) is 12.1 Å². The lowest BCUT2D eigenvalue weighted by atomic mass is 10.4. The standard InChI is InChI=1S/C9H13ClN2O2/c1-13-9-7(14-6-2-5-11)3-4-8(10)12-9/h3-4H,2,5-6,11H2,1H3. The smallest absolute Gasteiger partial charge is 0.258 e. The molecule has 0 atom stereocenters. The van der Waals surface area contributed by atoms with Crippen LogP contribution in [0.1, 0.15) is 6.42 Å². The average Bonchev–Trinajstić information content (AvgIpc) is 2.20. The highest BCUT2D eigenvalue weighted by Gasteiger charge is 2.05. The Balaban J connectivity index is 2.65. The molecule has 1 aromatic rings. The highest BCUT2D eigenvalue weighted by atomic mass is 35.5. The van der Waals surface area contributed by atoms with Crippen LogP contribution < -0.4 is 15.2 Å². The number of rotatable bonds is 5. The fourth-order valence-corrected chi connectivity index (χ4v) is 1.07. The zero-order valence-electron chi connectivity index (χ0n) is 8.00. The average molecular weight is 217 g/mol. The topological polar surface area (TPSA) is 57.4 Å². The molecule has 0 spiro atoms. The molecule has 1 heterocycles. The first-order valence-corrected chi connectivity index (χ1v) is 4.69. The third-order valence-electron chi connectivity index (χ3n) is 1.59. The summed E-state index contributed by atoms with van der Waals surface area (Å²) in [6, 6.07) is 3.38. The van der Waals surface area contributed by atoms with Gasteiger partial charge in [0.2, 0.25) is 0 Å². The number of halogens is 1. The van der Waals surface area contributed by atoms with Gasteiger partial charge >= 0.3 is 0 Å². The Hall–Kier alpha value is -1.00. The van der Waals surface area contributed by atoms with Gasteiger partial charge in [-0.2, -0.15) is 4.98 Å². The first-order chi connectivity index (χ1) is 6.77. The summed E-state index contributed by atoms with van der Waals surface area (Å²) >= 11 is 5.69. The van der Waals surface area contributed by atoms with Crippen molar-refractivity contribution in [3.63, 3.8) is 0 Å². The molecule has 0 amide bonds. The van der Waals surface area contributed by atoms with E-state index in [-0.39, 0.29) is 0 Å². The molecule has 2 N–H and O–H groups in total. The van der Waals surface area contributed by atoms with E-state index in [2.05, 4.69) is 4.98 Å². The summed E-state index contributed by atoms with van der Waals surface area (Å²) in [5, 5.41) is 0.382. The predicted molar refractivity (Wildman–Crippen MR) is 55.0 cm³/mol. The minimum Gasteiger partial charge on any atom is -0.488 e. The SMILES string of the molecule is COc1nc(Cl)ccc1OCCCN. The van der Waals surface area contributed by atoms with Crippen molar-refractivity contribution in [1.29, 1.82) is 0 Å². The number of hydrogen-bond acceptors (Lipinski definition) is 4. The normalized spacial score (nSPS) is 9.93. The summed E-state index contributed by atoms with van der Waals surface area (Å²) in [7, 11) is 1.52. The second-order valence-electron chi connectivity index (χ2n) is 2.63. The Morgan fingerprint density at radius 1 is 1.50 bits per heavy atom. The minimum atomic E-state index is 0.382. The van der Waals surface area contributed by atoms with Crippen LogP contribution in [0.2, 0.25) is 5.15 Å². The summed E-state index contributed by atoms with van der Waals surface area (Å²) in [5.74, 6) is 0.986. The molecule has 0 saturated carbocycles. The van der Waals surface area contributed by atoms with Crippen molar-refractivity contribution < 1.29 is 9.47 Å². The van der Waals surface area contributed by atoms with Gasteiger partial charge < -0.3 is 15.2 Å². The predicted octanol–water partition coefficient (Wildman–Crippen LogP) is 1.47. The third kappa shape index (κ3) is 3.05. The lowest BCUT2D eigenvalue weighted by molar-refractivity contribution is 0.286. The second kappa shape index (κ2) is 5.67. The lowest BCUT2D eigenvalue weighted by Crippen LogP contribution is -2.07. The maximum absolute atomic E-state index is 5.69. The maximum atomic E-state index is 5.69. The quantitative estimate of drug-likeness (QED) is 0.598. The Morgan fingerprint density at radius 2 is 2.29 bits per heavy atom. The summed E-state index contributed by atoms with van der Waals surface area (Å²) in [6.45, 7) is 1.15. The summed E-state index contributed by atoms with van der Waals surface area (Å²) in [4.78, 5) is 3.96. The maximum Gasteiger partial charge on any atom is 0.258 e.